The van der Waals surface area contributed by atoms with Crippen molar-refractivity contribution in [3.8, 4) is 27.9 Å². The molecule has 1 heterocycles. The van der Waals surface area contributed by atoms with E-state index >= 15 is 0 Å². The molecule has 0 bridgehead atoms. The van der Waals surface area contributed by atoms with Crippen molar-refractivity contribution in [2.24, 2.45) is 0 Å². The quantitative estimate of drug-likeness (QED) is 0.176. The van der Waals surface area contributed by atoms with Gasteiger partial charge in [-0.2, -0.15) is 0 Å². The molecule has 47 heavy (non-hydrogen) atoms. The highest BCUT2D eigenvalue weighted by atomic mass is 15.1. The molecule has 0 saturated heterocycles. The minimum absolute atomic E-state index is 0.458. The molecule has 8 aromatic rings. The first kappa shape index (κ1) is 28.6. The van der Waals surface area contributed by atoms with Gasteiger partial charge in [-0.25, -0.2) is 0 Å². The Balaban J connectivity index is 1.25. The van der Waals surface area contributed by atoms with Gasteiger partial charge in [0.1, 0.15) is 0 Å². The van der Waals surface area contributed by atoms with E-state index in [1.54, 1.807) is 0 Å². The molecule has 0 fully saturated rings. The lowest BCUT2D eigenvalue weighted by molar-refractivity contribution is 0.868. The van der Waals surface area contributed by atoms with Gasteiger partial charge in [-0.15, -0.1) is 0 Å². The first-order valence-corrected chi connectivity index (χ1v) is 16.4. The van der Waals surface area contributed by atoms with Crippen LogP contribution in [0, 0.1) is 0 Å². The molecule has 0 spiro atoms. The number of aromatic nitrogens is 1. The number of nitrogens with zero attached hydrogens (tertiary/aromatic N) is 2. The number of anilines is 3. The highest BCUT2D eigenvalue weighted by molar-refractivity contribution is 6.10. The van der Waals surface area contributed by atoms with Crippen molar-refractivity contribution in [2.45, 2.75) is 19.8 Å². The zero-order valence-electron chi connectivity index (χ0n) is 26.7. The van der Waals surface area contributed by atoms with Gasteiger partial charge in [0.2, 0.25) is 0 Å². The molecular formula is C45H36N2. The molecule has 0 saturated carbocycles. The molecule has 226 valence electrons. The van der Waals surface area contributed by atoms with Crippen molar-refractivity contribution >= 4 is 38.9 Å². The Morgan fingerprint density at radius 3 is 1.62 bits per heavy atom. The van der Waals surface area contributed by atoms with E-state index < -0.39 is 0 Å². The van der Waals surface area contributed by atoms with Crippen LogP contribution >= 0.6 is 0 Å². The van der Waals surface area contributed by atoms with Crippen LogP contribution in [0.25, 0.3) is 49.7 Å². The predicted molar refractivity (Wildman–Crippen MR) is 200 cm³/mol. The maximum absolute atomic E-state index is 2.39. The van der Waals surface area contributed by atoms with Crippen LogP contribution in [0.2, 0.25) is 0 Å². The summed E-state index contributed by atoms with van der Waals surface area (Å²) in [6, 6.07) is 63.6. The molecule has 0 N–H and O–H groups in total. The molecule has 2 nitrogen and oxygen atoms in total. The molecule has 7 aromatic carbocycles. The number of hydrogen-bond donors (Lipinski definition) is 0. The van der Waals surface area contributed by atoms with Gasteiger partial charge in [-0.3, -0.25) is 0 Å². The average molecular weight is 605 g/mol. The molecule has 1 aromatic heterocycles. The predicted octanol–water partition coefficient (Wildman–Crippen LogP) is 12.7. The average Bonchev–Trinajstić information content (AvgIpc) is 3.46. The maximum Gasteiger partial charge on any atom is 0.0541 e. The number of hydrogen-bond acceptors (Lipinski definition) is 1. The fourth-order valence-electron chi connectivity index (χ4n) is 6.72. The third-order valence-electron chi connectivity index (χ3n) is 9.15. The van der Waals surface area contributed by atoms with E-state index in [1.807, 2.05) is 0 Å². The molecule has 0 aliphatic heterocycles. The van der Waals surface area contributed by atoms with Gasteiger partial charge in [0, 0.05) is 33.5 Å². The fourth-order valence-corrected chi connectivity index (χ4v) is 6.72. The first-order chi connectivity index (χ1) is 23.1. The Morgan fingerprint density at radius 1 is 0.404 bits per heavy atom. The number of fused-ring (bicyclic) bond motifs is 3. The Labute approximate surface area is 276 Å². The monoisotopic (exact) mass is 604 g/mol. The minimum Gasteiger partial charge on any atom is -0.310 e. The van der Waals surface area contributed by atoms with Crippen molar-refractivity contribution in [1.82, 2.24) is 4.57 Å². The summed E-state index contributed by atoms with van der Waals surface area (Å²) in [5.41, 5.74) is 13.2. The van der Waals surface area contributed by atoms with Crippen LogP contribution in [0.1, 0.15) is 25.3 Å². The topological polar surface area (TPSA) is 8.17 Å². The summed E-state index contributed by atoms with van der Waals surface area (Å²) >= 11 is 0. The number of para-hydroxylation sites is 2. The van der Waals surface area contributed by atoms with E-state index in [1.165, 1.54) is 55.3 Å². The van der Waals surface area contributed by atoms with Crippen molar-refractivity contribution in [2.75, 3.05) is 4.90 Å². The normalized spacial score (nSPS) is 11.4. The second kappa shape index (κ2) is 12.2. The van der Waals surface area contributed by atoms with Crippen LogP contribution in [0.3, 0.4) is 0 Å². The lowest BCUT2D eigenvalue weighted by atomic mass is 9.98. The summed E-state index contributed by atoms with van der Waals surface area (Å²) in [5, 5.41) is 2.56. The Bertz CT molecular complexity index is 2300. The summed E-state index contributed by atoms with van der Waals surface area (Å²) in [6.45, 7) is 4.53. The summed E-state index contributed by atoms with van der Waals surface area (Å²) in [6.07, 6.45) is 0. The summed E-state index contributed by atoms with van der Waals surface area (Å²) in [7, 11) is 0. The van der Waals surface area contributed by atoms with Crippen LogP contribution in [0.5, 0.6) is 0 Å². The van der Waals surface area contributed by atoms with E-state index in [9.17, 15) is 0 Å². The second-order valence-corrected chi connectivity index (χ2v) is 12.5. The van der Waals surface area contributed by atoms with Crippen LogP contribution in [-0.2, 0) is 0 Å². The van der Waals surface area contributed by atoms with Crippen LogP contribution in [0.4, 0.5) is 17.1 Å². The van der Waals surface area contributed by atoms with E-state index in [0.29, 0.717) is 5.92 Å². The van der Waals surface area contributed by atoms with Crippen molar-refractivity contribution in [3.63, 3.8) is 0 Å². The van der Waals surface area contributed by atoms with Gasteiger partial charge in [0.05, 0.1) is 11.0 Å². The zero-order valence-corrected chi connectivity index (χ0v) is 26.7. The van der Waals surface area contributed by atoms with E-state index in [4.69, 9.17) is 0 Å². The van der Waals surface area contributed by atoms with Crippen molar-refractivity contribution in [1.29, 1.82) is 0 Å². The van der Waals surface area contributed by atoms with Gasteiger partial charge in [0.25, 0.3) is 0 Å². The first-order valence-electron chi connectivity index (χ1n) is 16.4. The third-order valence-corrected chi connectivity index (χ3v) is 9.15. The van der Waals surface area contributed by atoms with E-state index in [0.717, 1.165) is 17.1 Å². The molecule has 8 rings (SSSR count). The molecule has 0 aliphatic carbocycles. The van der Waals surface area contributed by atoms with Gasteiger partial charge < -0.3 is 9.47 Å². The highest BCUT2D eigenvalue weighted by Crippen LogP contribution is 2.40. The Kier molecular flexibility index (Phi) is 7.39. The fraction of sp³-hybridized carbons (Fsp3) is 0.0667. The van der Waals surface area contributed by atoms with E-state index in [2.05, 4.69) is 199 Å². The van der Waals surface area contributed by atoms with Crippen LogP contribution in [0.15, 0.2) is 176 Å². The standard InChI is InChI=1S/C45H36N2/c1-32(2)35-23-27-44-42(30-35)43-31-37(24-28-45(43)47(44)39-18-10-5-11-19-39)36-15-12-20-41(29-36)46(38-16-8-4-9-17-38)40-25-21-34(22-26-40)33-13-6-3-7-14-33/h3-32H,1-2H3. The van der Waals surface area contributed by atoms with Gasteiger partial charge in [-0.1, -0.05) is 117 Å². The molecule has 2 heteroatoms. The summed E-state index contributed by atoms with van der Waals surface area (Å²) in [4.78, 5) is 2.34. The zero-order chi connectivity index (χ0) is 31.7. The third kappa shape index (κ3) is 5.38. The maximum atomic E-state index is 2.39. The SMILES string of the molecule is CC(C)c1ccc2c(c1)c1cc(-c3cccc(N(c4ccccc4)c4ccc(-c5ccccc5)cc4)c3)ccc1n2-c1ccccc1. The summed E-state index contributed by atoms with van der Waals surface area (Å²) < 4.78 is 2.39. The van der Waals surface area contributed by atoms with E-state index in [-0.39, 0.29) is 0 Å². The van der Waals surface area contributed by atoms with Gasteiger partial charge in [-0.05, 0) is 107 Å². The highest BCUT2D eigenvalue weighted by Gasteiger charge is 2.17. The Morgan fingerprint density at radius 2 is 0.915 bits per heavy atom. The molecule has 0 amide bonds. The van der Waals surface area contributed by atoms with Crippen molar-refractivity contribution < 1.29 is 0 Å². The van der Waals surface area contributed by atoms with Crippen LogP contribution < -0.4 is 4.90 Å². The number of rotatable bonds is 7. The van der Waals surface area contributed by atoms with Gasteiger partial charge in [0.15, 0.2) is 0 Å². The van der Waals surface area contributed by atoms with Crippen molar-refractivity contribution in [3.05, 3.63) is 181 Å². The molecule has 0 radical (unpaired) electrons. The lowest BCUT2D eigenvalue weighted by Crippen LogP contribution is -2.09. The Hall–Kier alpha value is -5.86. The number of benzene rings is 7. The second-order valence-electron chi connectivity index (χ2n) is 12.5. The smallest absolute Gasteiger partial charge is 0.0541 e. The largest absolute Gasteiger partial charge is 0.310 e. The summed E-state index contributed by atoms with van der Waals surface area (Å²) in [5.74, 6) is 0.458. The molecule has 0 unspecified atom stereocenters. The molecular weight excluding hydrogens is 569 g/mol. The molecule has 0 atom stereocenters. The van der Waals surface area contributed by atoms with Crippen LogP contribution in [-0.4, -0.2) is 4.57 Å². The lowest BCUT2D eigenvalue weighted by Gasteiger charge is -2.26. The minimum atomic E-state index is 0.458. The van der Waals surface area contributed by atoms with Gasteiger partial charge >= 0.3 is 0 Å². The molecule has 0 aliphatic rings.